The van der Waals surface area contributed by atoms with Gasteiger partial charge in [-0.25, -0.2) is 18.4 Å². The summed E-state index contributed by atoms with van der Waals surface area (Å²) in [6.45, 7) is 0.0755. The van der Waals surface area contributed by atoms with Gasteiger partial charge in [-0.3, -0.25) is 0 Å². The largest absolute Gasteiger partial charge is 0.350 e. The van der Waals surface area contributed by atoms with E-state index in [1.165, 1.54) is 25.7 Å². The Morgan fingerprint density at radius 3 is 2.75 bits per heavy atom. The van der Waals surface area contributed by atoms with Crippen molar-refractivity contribution in [3.05, 3.63) is 83.3 Å². The van der Waals surface area contributed by atoms with Crippen molar-refractivity contribution < 1.29 is 4.39 Å². The number of rotatable bonds is 5. The highest BCUT2D eigenvalue weighted by molar-refractivity contribution is 7.22. The Morgan fingerprint density at radius 1 is 1.18 bits per heavy atom. The average molecular weight is 417 g/mol. The van der Waals surface area contributed by atoms with Crippen molar-refractivity contribution in [2.24, 2.45) is 5.73 Å². The summed E-state index contributed by atoms with van der Waals surface area (Å²) in [5.74, 6) is 0. The monoisotopic (exact) mass is 416 g/mol. The Morgan fingerprint density at radius 2 is 2.00 bits per heavy atom. The van der Waals surface area contributed by atoms with Gasteiger partial charge in [0.25, 0.3) is 0 Å². The lowest BCUT2D eigenvalue weighted by molar-refractivity contribution is 0.612. The van der Waals surface area contributed by atoms with Gasteiger partial charge in [0.05, 0.1) is 18.6 Å². The molecule has 4 rings (SSSR count). The molecule has 2 N–H and O–H groups in total. The molecule has 0 saturated carbocycles. The minimum Gasteiger partial charge on any atom is -0.327 e. The molecule has 8 heteroatoms. The number of hydrogen-bond acceptors (Lipinski definition) is 4. The topological polar surface area (TPSA) is 65.8 Å². The number of nitrogens with two attached hydrogens (primary N) is 1. The van der Waals surface area contributed by atoms with Crippen LogP contribution in [0.5, 0.6) is 0 Å². The van der Waals surface area contributed by atoms with Gasteiger partial charge in [0.2, 0.25) is 0 Å². The highest BCUT2D eigenvalue weighted by Crippen LogP contribution is 2.33. The maximum atomic E-state index is 12.7. The van der Waals surface area contributed by atoms with Gasteiger partial charge < -0.3 is 5.73 Å². The van der Waals surface area contributed by atoms with Gasteiger partial charge >= 0.3 is 5.69 Å². The molecule has 2 aromatic carbocycles. The van der Waals surface area contributed by atoms with Crippen LogP contribution in [0.4, 0.5) is 4.39 Å². The van der Waals surface area contributed by atoms with Crippen LogP contribution in [-0.4, -0.2) is 20.9 Å². The third-order valence-electron chi connectivity index (χ3n) is 4.34. The fourth-order valence-corrected chi connectivity index (χ4v) is 3.95. The molecule has 0 amide bonds. The summed E-state index contributed by atoms with van der Waals surface area (Å²) in [7, 11) is 0. The summed E-state index contributed by atoms with van der Waals surface area (Å²) in [5.41, 5.74) is 7.16. The fourth-order valence-electron chi connectivity index (χ4n) is 2.89. The van der Waals surface area contributed by atoms with Gasteiger partial charge in [-0.1, -0.05) is 30.3 Å². The maximum absolute atomic E-state index is 12.7. The normalized spacial score (nSPS) is 11.6. The predicted octanol–water partition coefficient (Wildman–Crippen LogP) is 4.15. The number of benzene rings is 2. The van der Waals surface area contributed by atoms with E-state index in [-0.39, 0.29) is 31.2 Å². The summed E-state index contributed by atoms with van der Waals surface area (Å²) in [6, 6.07) is 18.1. The van der Waals surface area contributed by atoms with E-state index in [2.05, 4.69) is 23.3 Å². The zero-order valence-electron chi connectivity index (χ0n) is 14.8. The van der Waals surface area contributed by atoms with E-state index < -0.39 is 0 Å². The lowest BCUT2D eigenvalue weighted by atomic mass is 10.1. The van der Waals surface area contributed by atoms with E-state index in [0.717, 1.165) is 10.4 Å². The van der Waals surface area contributed by atoms with Crippen LogP contribution in [0.1, 0.15) is 0 Å². The fraction of sp³-hybridized carbons (Fsp3) is 0.100. The second-order valence-electron chi connectivity index (χ2n) is 6.11. The summed E-state index contributed by atoms with van der Waals surface area (Å²) in [4.78, 5) is 13.7. The molecule has 0 spiro atoms. The van der Waals surface area contributed by atoms with Gasteiger partial charge in [-0.05, 0) is 40.8 Å². The minimum atomic E-state index is -0.337. The molecule has 5 nitrogen and oxygen atoms in total. The number of halogens is 2. The van der Waals surface area contributed by atoms with Crippen LogP contribution in [0.15, 0.2) is 77.6 Å². The minimum absolute atomic E-state index is 0. The van der Waals surface area contributed by atoms with Crippen LogP contribution in [0.3, 0.4) is 0 Å². The van der Waals surface area contributed by atoms with Crippen molar-refractivity contribution >= 4 is 33.8 Å². The Hall–Kier alpha value is -2.74. The van der Waals surface area contributed by atoms with Crippen LogP contribution < -0.4 is 11.4 Å². The molecule has 0 radical (unpaired) electrons. The molecule has 0 fully saturated rings. The molecule has 0 aliphatic heterocycles. The van der Waals surface area contributed by atoms with Gasteiger partial charge in [0, 0.05) is 16.1 Å². The quantitative estimate of drug-likeness (QED) is 0.531. The molecule has 28 heavy (non-hydrogen) atoms. The standard InChI is InChI=1S/C20H17FN4OS.ClH/c21-10-14(11-22)12-25-20(26)24(13-23-25)17-6-3-5-15(8-17)19-9-16-4-1-2-7-18(16)27-19;/h1-10,13H,11-12,22H2;1H/b14-10+;. The van der Waals surface area contributed by atoms with Gasteiger partial charge in [0.1, 0.15) is 6.33 Å². The second kappa shape index (κ2) is 8.52. The van der Waals surface area contributed by atoms with Gasteiger partial charge in [-0.2, -0.15) is 5.10 Å². The molecule has 0 aliphatic rings. The average Bonchev–Trinajstić information content (AvgIpc) is 3.30. The van der Waals surface area contributed by atoms with Gasteiger partial charge in [0.15, 0.2) is 0 Å². The Kier molecular flexibility index (Phi) is 6.08. The van der Waals surface area contributed by atoms with Crippen molar-refractivity contribution in [2.75, 3.05) is 6.54 Å². The van der Waals surface area contributed by atoms with E-state index in [1.54, 1.807) is 11.3 Å². The number of hydrogen-bond donors (Lipinski definition) is 1. The zero-order valence-corrected chi connectivity index (χ0v) is 16.4. The Balaban J connectivity index is 0.00000225. The lowest BCUT2D eigenvalue weighted by Gasteiger charge is -2.04. The van der Waals surface area contributed by atoms with E-state index in [1.807, 2.05) is 36.4 Å². The van der Waals surface area contributed by atoms with E-state index in [9.17, 15) is 9.18 Å². The lowest BCUT2D eigenvalue weighted by Crippen LogP contribution is -2.25. The van der Waals surface area contributed by atoms with Crippen LogP contribution in [0, 0.1) is 0 Å². The van der Waals surface area contributed by atoms with Crippen molar-refractivity contribution in [1.29, 1.82) is 0 Å². The first-order valence-electron chi connectivity index (χ1n) is 8.41. The number of nitrogens with zero attached hydrogens (tertiary/aromatic N) is 3. The van der Waals surface area contributed by atoms with Crippen molar-refractivity contribution in [3.8, 4) is 16.1 Å². The summed E-state index contributed by atoms with van der Waals surface area (Å²) < 4.78 is 16.6. The molecule has 144 valence electrons. The molecule has 0 bridgehead atoms. The highest BCUT2D eigenvalue weighted by atomic mass is 35.5. The van der Waals surface area contributed by atoms with Crippen LogP contribution in [0.2, 0.25) is 0 Å². The van der Waals surface area contributed by atoms with E-state index in [4.69, 9.17) is 5.73 Å². The Bertz CT molecular complexity index is 1160. The van der Waals surface area contributed by atoms with E-state index >= 15 is 0 Å². The maximum Gasteiger partial charge on any atom is 0.350 e. The molecule has 2 aromatic heterocycles. The molecular weight excluding hydrogens is 399 g/mol. The van der Waals surface area contributed by atoms with Crippen molar-refractivity contribution in [1.82, 2.24) is 14.3 Å². The first-order chi connectivity index (χ1) is 13.2. The van der Waals surface area contributed by atoms with Crippen LogP contribution >= 0.6 is 23.7 Å². The molecule has 0 atom stereocenters. The first kappa shape index (κ1) is 20.0. The molecule has 4 aromatic rings. The molecule has 2 heterocycles. The molecular formula is C20H18ClFN4OS. The summed E-state index contributed by atoms with van der Waals surface area (Å²) >= 11 is 1.71. The second-order valence-corrected chi connectivity index (χ2v) is 7.20. The van der Waals surface area contributed by atoms with Crippen molar-refractivity contribution in [2.45, 2.75) is 6.54 Å². The van der Waals surface area contributed by atoms with Gasteiger partial charge in [-0.15, -0.1) is 23.7 Å². The predicted molar refractivity (Wildman–Crippen MR) is 114 cm³/mol. The third kappa shape index (κ3) is 3.77. The van der Waals surface area contributed by atoms with E-state index in [0.29, 0.717) is 17.6 Å². The number of aromatic nitrogens is 3. The molecule has 0 saturated heterocycles. The molecule has 0 aliphatic carbocycles. The zero-order chi connectivity index (χ0) is 18.8. The SMILES string of the molecule is Cl.NC/C(=C\F)Cn1ncn(-c2cccc(-c3cc4ccccc4s3)c2)c1=O. The van der Waals surface area contributed by atoms with Crippen LogP contribution in [0.25, 0.3) is 26.2 Å². The summed E-state index contributed by atoms with van der Waals surface area (Å²) in [6.07, 6.45) is 1.87. The van der Waals surface area contributed by atoms with Crippen molar-refractivity contribution in [3.63, 3.8) is 0 Å². The summed E-state index contributed by atoms with van der Waals surface area (Å²) in [5, 5.41) is 5.27. The first-order valence-corrected chi connectivity index (χ1v) is 9.23. The van der Waals surface area contributed by atoms with Crippen LogP contribution in [-0.2, 0) is 6.54 Å². The Labute approximate surface area is 170 Å². The highest BCUT2D eigenvalue weighted by Gasteiger charge is 2.10. The smallest absolute Gasteiger partial charge is 0.327 e. The molecule has 0 unspecified atom stereocenters. The number of thiophene rings is 1. The third-order valence-corrected chi connectivity index (χ3v) is 5.50. The number of fused-ring (bicyclic) bond motifs is 1.